The van der Waals surface area contributed by atoms with Crippen molar-refractivity contribution in [3.63, 3.8) is 0 Å². The van der Waals surface area contributed by atoms with Gasteiger partial charge < -0.3 is 8.85 Å². The highest BCUT2D eigenvalue weighted by Gasteiger charge is 2.37. The minimum atomic E-state index is -2.07. The predicted molar refractivity (Wildman–Crippen MR) is 65.4 cm³/mol. The van der Waals surface area contributed by atoms with E-state index in [4.69, 9.17) is 8.85 Å². The van der Waals surface area contributed by atoms with Crippen LogP contribution in [0.4, 0.5) is 0 Å². The van der Waals surface area contributed by atoms with Gasteiger partial charge in [-0.15, -0.1) is 0 Å². The first-order valence-electron chi connectivity index (χ1n) is 5.46. The Morgan fingerprint density at radius 3 is 2.27 bits per heavy atom. The first-order valence-corrected chi connectivity index (χ1v) is 7.86. The third-order valence-electron chi connectivity index (χ3n) is 2.54. The normalized spacial score (nSPS) is 15.0. The van der Waals surface area contributed by atoms with Crippen molar-refractivity contribution in [1.29, 1.82) is 0 Å². The smallest absolute Gasteiger partial charge is 0.398 e. The molecule has 0 aliphatic rings. The van der Waals surface area contributed by atoms with E-state index in [1.165, 1.54) is 0 Å². The van der Waals surface area contributed by atoms with Gasteiger partial charge >= 0.3 is 8.56 Å². The van der Waals surface area contributed by atoms with E-state index in [1.807, 2.05) is 37.3 Å². The molecule has 0 heterocycles. The molecule has 0 aromatic heterocycles. The minimum absolute atomic E-state index is 0.442. The van der Waals surface area contributed by atoms with Crippen LogP contribution in [0.1, 0.15) is 20.8 Å². The maximum absolute atomic E-state index is 6.02. The van der Waals surface area contributed by atoms with Crippen molar-refractivity contribution in [2.45, 2.75) is 32.9 Å². The zero-order valence-corrected chi connectivity index (χ0v) is 11.0. The van der Waals surface area contributed by atoms with E-state index in [-0.39, 0.29) is 0 Å². The molecule has 0 N–H and O–H groups in total. The van der Waals surface area contributed by atoms with Crippen LogP contribution in [0.5, 0.6) is 5.75 Å². The molecule has 0 amide bonds. The first kappa shape index (κ1) is 12.3. The van der Waals surface area contributed by atoms with E-state index in [2.05, 4.69) is 20.4 Å². The van der Waals surface area contributed by atoms with E-state index in [0.717, 1.165) is 5.75 Å². The van der Waals surface area contributed by atoms with Crippen LogP contribution in [0.25, 0.3) is 0 Å². The van der Waals surface area contributed by atoms with Crippen LogP contribution >= 0.6 is 0 Å². The van der Waals surface area contributed by atoms with Gasteiger partial charge in [0, 0.05) is 12.1 Å². The monoisotopic (exact) mass is 224 g/mol. The number of hydrogen-bond donors (Lipinski definition) is 0. The Morgan fingerprint density at radius 2 is 1.80 bits per heavy atom. The molecule has 0 saturated carbocycles. The fourth-order valence-corrected chi connectivity index (χ4v) is 3.13. The maximum atomic E-state index is 6.02. The molecular formula is C12H20O2Si. The molecule has 1 aromatic rings. The minimum Gasteiger partial charge on any atom is -0.520 e. The van der Waals surface area contributed by atoms with Crippen molar-refractivity contribution in [3.8, 4) is 5.75 Å². The first-order chi connectivity index (χ1) is 7.08. The van der Waals surface area contributed by atoms with Gasteiger partial charge in [-0.2, -0.15) is 0 Å². The van der Waals surface area contributed by atoms with E-state index in [1.54, 1.807) is 0 Å². The van der Waals surface area contributed by atoms with Crippen molar-refractivity contribution in [2.75, 3.05) is 6.61 Å². The molecule has 0 saturated heterocycles. The zero-order valence-electron chi connectivity index (χ0n) is 9.99. The molecule has 1 unspecified atom stereocenters. The van der Waals surface area contributed by atoms with Gasteiger partial charge in [0.2, 0.25) is 0 Å². The largest absolute Gasteiger partial charge is 0.520 e. The summed E-state index contributed by atoms with van der Waals surface area (Å²) in [6, 6.07) is 9.91. The Balaban J connectivity index is 2.75. The second kappa shape index (κ2) is 5.33. The van der Waals surface area contributed by atoms with Gasteiger partial charge in [-0.3, -0.25) is 0 Å². The van der Waals surface area contributed by atoms with Crippen molar-refractivity contribution in [2.24, 2.45) is 0 Å². The summed E-state index contributed by atoms with van der Waals surface area (Å²) in [6.45, 7) is 9.17. The Kier molecular flexibility index (Phi) is 4.36. The summed E-state index contributed by atoms with van der Waals surface area (Å²) in [6.07, 6.45) is 0. The second-order valence-corrected chi connectivity index (χ2v) is 7.70. The Morgan fingerprint density at radius 1 is 1.20 bits per heavy atom. The Bertz CT molecular complexity index is 287. The quantitative estimate of drug-likeness (QED) is 0.712. The van der Waals surface area contributed by atoms with Gasteiger partial charge in [0.15, 0.2) is 0 Å². The maximum Gasteiger partial charge on any atom is 0.398 e. The van der Waals surface area contributed by atoms with E-state index < -0.39 is 8.56 Å². The van der Waals surface area contributed by atoms with E-state index in [0.29, 0.717) is 12.1 Å². The van der Waals surface area contributed by atoms with E-state index >= 15 is 0 Å². The molecule has 1 atom stereocenters. The Hall–Kier alpha value is -0.803. The van der Waals surface area contributed by atoms with Crippen molar-refractivity contribution >= 4 is 8.56 Å². The summed E-state index contributed by atoms with van der Waals surface area (Å²) in [5.41, 5.74) is 0.442. The summed E-state index contributed by atoms with van der Waals surface area (Å²) >= 11 is 0. The highest BCUT2D eigenvalue weighted by molar-refractivity contribution is 6.68. The zero-order chi connectivity index (χ0) is 11.3. The highest BCUT2D eigenvalue weighted by Crippen LogP contribution is 2.25. The Labute approximate surface area is 93.5 Å². The van der Waals surface area contributed by atoms with Crippen LogP contribution < -0.4 is 4.43 Å². The molecule has 84 valence electrons. The SMILES string of the molecule is CCO[Si](C)(Oc1ccccc1)C(C)C. The third kappa shape index (κ3) is 3.36. The molecule has 1 rings (SSSR count). The van der Waals surface area contributed by atoms with Crippen LogP contribution in [0.3, 0.4) is 0 Å². The molecule has 0 aliphatic heterocycles. The topological polar surface area (TPSA) is 18.5 Å². The number of rotatable bonds is 5. The number of hydrogen-bond acceptors (Lipinski definition) is 2. The van der Waals surface area contributed by atoms with Crippen molar-refractivity contribution in [1.82, 2.24) is 0 Å². The summed E-state index contributed by atoms with van der Waals surface area (Å²) in [7, 11) is -2.07. The van der Waals surface area contributed by atoms with Gasteiger partial charge in [-0.05, 0) is 25.6 Å². The van der Waals surface area contributed by atoms with Gasteiger partial charge in [0.1, 0.15) is 5.75 Å². The van der Waals surface area contributed by atoms with Crippen LogP contribution in [-0.4, -0.2) is 15.2 Å². The van der Waals surface area contributed by atoms with Gasteiger partial charge in [-0.1, -0.05) is 32.0 Å². The lowest BCUT2D eigenvalue weighted by atomic mass is 10.3. The standard InChI is InChI=1S/C12H20O2Si/c1-5-13-15(4,11(2)3)14-12-9-7-6-8-10-12/h6-11H,5H2,1-4H3. The molecule has 3 heteroatoms. The van der Waals surface area contributed by atoms with Crippen molar-refractivity contribution in [3.05, 3.63) is 30.3 Å². The number of benzene rings is 1. The fourth-order valence-electron chi connectivity index (χ4n) is 1.32. The van der Waals surface area contributed by atoms with Crippen LogP contribution in [0, 0.1) is 0 Å². The molecule has 0 spiro atoms. The summed E-state index contributed by atoms with van der Waals surface area (Å²) in [5.74, 6) is 0.911. The van der Waals surface area contributed by atoms with Gasteiger partial charge in [-0.25, -0.2) is 0 Å². The summed E-state index contributed by atoms with van der Waals surface area (Å²) in [5, 5.41) is 0. The average Bonchev–Trinajstić information content (AvgIpc) is 2.19. The lowest BCUT2D eigenvalue weighted by molar-refractivity contribution is 0.248. The third-order valence-corrected chi connectivity index (χ3v) is 6.14. The van der Waals surface area contributed by atoms with Crippen molar-refractivity contribution < 1.29 is 8.85 Å². The van der Waals surface area contributed by atoms with Gasteiger partial charge in [0.05, 0.1) is 0 Å². The van der Waals surface area contributed by atoms with Gasteiger partial charge in [0.25, 0.3) is 0 Å². The summed E-state index contributed by atoms with van der Waals surface area (Å²) in [4.78, 5) is 0. The van der Waals surface area contributed by atoms with E-state index in [9.17, 15) is 0 Å². The lowest BCUT2D eigenvalue weighted by Gasteiger charge is -2.30. The fraction of sp³-hybridized carbons (Fsp3) is 0.500. The molecule has 2 nitrogen and oxygen atoms in total. The van der Waals surface area contributed by atoms with Crippen LogP contribution in [-0.2, 0) is 4.43 Å². The van der Waals surface area contributed by atoms with Crippen LogP contribution in [0.15, 0.2) is 30.3 Å². The predicted octanol–water partition coefficient (Wildman–Crippen LogP) is 3.58. The molecule has 0 aliphatic carbocycles. The summed E-state index contributed by atoms with van der Waals surface area (Å²) < 4.78 is 11.8. The molecular weight excluding hydrogens is 204 g/mol. The molecule has 1 aromatic carbocycles. The average molecular weight is 224 g/mol. The number of para-hydroxylation sites is 1. The molecule has 15 heavy (non-hydrogen) atoms. The lowest BCUT2D eigenvalue weighted by Crippen LogP contribution is -2.45. The molecule has 0 fully saturated rings. The van der Waals surface area contributed by atoms with Crippen LogP contribution in [0.2, 0.25) is 12.1 Å². The molecule has 0 bridgehead atoms. The second-order valence-electron chi connectivity index (χ2n) is 4.02. The highest BCUT2D eigenvalue weighted by atomic mass is 28.4. The molecule has 0 radical (unpaired) electrons.